The summed E-state index contributed by atoms with van der Waals surface area (Å²) in [5.41, 5.74) is 0.773. The molecule has 0 radical (unpaired) electrons. The lowest BCUT2D eigenvalue weighted by Crippen LogP contribution is -2.28. The Balaban J connectivity index is 1.74. The van der Waals surface area contributed by atoms with E-state index in [1.807, 2.05) is 18.3 Å². The van der Waals surface area contributed by atoms with Crippen LogP contribution in [-0.2, 0) is 9.53 Å². The molecule has 0 saturated heterocycles. The van der Waals surface area contributed by atoms with E-state index in [1.165, 1.54) is 0 Å². The number of methoxy groups -OCH3 is 1. The Labute approximate surface area is 111 Å². The minimum absolute atomic E-state index is 0.00465. The van der Waals surface area contributed by atoms with Crippen LogP contribution in [-0.4, -0.2) is 47.3 Å². The van der Waals surface area contributed by atoms with Gasteiger partial charge in [0, 0.05) is 38.9 Å². The maximum absolute atomic E-state index is 11.4. The molecule has 2 N–H and O–H groups in total. The molecule has 102 valence electrons. The Morgan fingerprint density at radius 1 is 1.42 bits per heavy atom. The molecule has 0 aliphatic rings. The van der Waals surface area contributed by atoms with Gasteiger partial charge in [-0.2, -0.15) is 5.10 Å². The number of hydrogen-bond donors (Lipinski definition) is 2. The van der Waals surface area contributed by atoms with E-state index in [0.29, 0.717) is 26.1 Å². The normalized spacial score (nSPS) is 10.6. The van der Waals surface area contributed by atoms with E-state index in [9.17, 15) is 4.79 Å². The molecule has 0 unspecified atom stereocenters. The smallest absolute Gasteiger partial charge is 0.221 e. The summed E-state index contributed by atoms with van der Waals surface area (Å²) >= 11 is 0. The SMILES string of the molecule is COCCNC(=O)CCNc1ccn2nccc2n1. The predicted octanol–water partition coefficient (Wildman–Crippen LogP) is 0.294. The molecule has 0 aromatic carbocycles. The predicted molar refractivity (Wildman–Crippen MR) is 71.0 cm³/mol. The standard InChI is InChI=1S/C12H17N5O2/c1-19-9-7-14-12(18)3-5-13-10-4-8-17-11(16-10)2-6-15-17/h2,4,6,8H,3,5,7,9H2,1H3,(H,13,16)(H,14,18). The van der Waals surface area contributed by atoms with Crippen LogP contribution in [0.15, 0.2) is 24.5 Å². The number of nitrogens with one attached hydrogen (secondary N) is 2. The second-order valence-electron chi connectivity index (χ2n) is 3.97. The average Bonchev–Trinajstić information content (AvgIpc) is 2.86. The molecule has 7 nitrogen and oxygen atoms in total. The summed E-state index contributed by atoms with van der Waals surface area (Å²) in [6.45, 7) is 1.60. The van der Waals surface area contributed by atoms with Crippen molar-refractivity contribution in [1.82, 2.24) is 19.9 Å². The zero-order chi connectivity index (χ0) is 13.5. The summed E-state index contributed by atoms with van der Waals surface area (Å²) in [5.74, 6) is 0.729. The largest absolute Gasteiger partial charge is 0.383 e. The minimum atomic E-state index is -0.00465. The van der Waals surface area contributed by atoms with Crippen LogP contribution in [0.4, 0.5) is 5.82 Å². The fraction of sp³-hybridized carbons (Fsp3) is 0.417. The third kappa shape index (κ3) is 3.92. The molecule has 2 rings (SSSR count). The molecule has 0 aliphatic heterocycles. The number of nitrogens with zero attached hydrogens (tertiary/aromatic N) is 3. The van der Waals surface area contributed by atoms with Crippen molar-refractivity contribution in [3.05, 3.63) is 24.5 Å². The van der Waals surface area contributed by atoms with Crippen molar-refractivity contribution < 1.29 is 9.53 Å². The van der Waals surface area contributed by atoms with E-state index in [2.05, 4.69) is 20.7 Å². The molecular formula is C12H17N5O2. The molecule has 2 aromatic rings. The lowest BCUT2D eigenvalue weighted by atomic mass is 10.4. The lowest BCUT2D eigenvalue weighted by molar-refractivity contribution is -0.121. The van der Waals surface area contributed by atoms with Gasteiger partial charge in [-0.05, 0) is 6.07 Å². The Bertz CT molecular complexity index is 540. The van der Waals surface area contributed by atoms with Gasteiger partial charge in [0.2, 0.25) is 5.91 Å². The molecule has 0 atom stereocenters. The lowest BCUT2D eigenvalue weighted by Gasteiger charge is -2.06. The van der Waals surface area contributed by atoms with Crippen molar-refractivity contribution in [2.24, 2.45) is 0 Å². The highest BCUT2D eigenvalue weighted by atomic mass is 16.5. The number of hydrogen-bond acceptors (Lipinski definition) is 5. The molecular weight excluding hydrogens is 246 g/mol. The Kier molecular flexibility index (Phi) is 4.68. The van der Waals surface area contributed by atoms with Gasteiger partial charge >= 0.3 is 0 Å². The summed E-state index contributed by atoms with van der Waals surface area (Å²) in [6.07, 6.45) is 3.91. The molecule has 19 heavy (non-hydrogen) atoms. The minimum Gasteiger partial charge on any atom is -0.383 e. The Hall–Kier alpha value is -2.15. The molecule has 2 heterocycles. The van der Waals surface area contributed by atoms with Crippen LogP contribution < -0.4 is 10.6 Å². The highest BCUT2D eigenvalue weighted by Crippen LogP contribution is 2.05. The molecule has 7 heteroatoms. The molecule has 2 aromatic heterocycles. The number of amides is 1. The summed E-state index contributed by atoms with van der Waals surface area (Å²) in [7, 11) is 1.60. The number of ether oxygens (including phenoxy) is 1. The van der Waals surface area contributed by atoms with Gasteiger partial charge in [0.25, 0.3) is 0 Å². The number of fused-ring (bicyclic) bond motifs is 1. The van der Waals surface area contributed by atoms with Crippen molar-refractivity contribution in [3.63, 3.8) is 0 Å². The maximum atomic E-state index is 11.4. The van der Waals surface area contributed by atoms with Crippen LogP contribution in [0.5, 0.6) is 0 Å². The molecule has 0 bridgehead atoms. The molecule has 1 amide bonds. The Morgan fingerprint density at radius 3 is 3.16 bits per heavy atom. The number of rotatable bonds is 7. The van der Waals surface area contributed by atoms with Gasteiger partial charge in [0.15, 0.2) is 5.65 Å². The van der Waals surface area contributed by atoms with Gasteiger partial charge < -0.3 is 15.4 Å². The van der Waals surface area contributed by atoms with E-state index in [-0.39, 0.29) is 5.91 Å². The summed E-state index contributed by atoms with van der Waals surface area (Å²) in [6, 6.07) is 3.64. The van der Waals surface area contributed by atoms with Gasteiger partial charge in [-0.15, -0.1) is 0 Å². The van der Waals surface area contributed by atoms with E-state index in [0.717, 1.165) is 11.5 Å². The molecule has 0 spiro atoms. The second-order valence-corrected chi connectivity index (χ2v) is 3.97. The van der Waals surface area contributed by atoms with Gasteiger partial charge in [-0.25, -0.2) is 9.50 Å². The monoisotopic (exact) mass is 263 g/mol. The highest BCUT2D eigenvalue weighted by molar-refractivity contribution is 5.76. The molecule has 0 saturated carbocycles. The van der Waals surface area contributed by atoms with Gasteiger partial charge in [0.1, 0.15) is 5.82 Å². The first-order chi connectivity index (χ1) is 9.29. The zero-order valence-corrected chi connectivity index (χ0v) is 10.8. The summed E-state index contributed by atoms with van der Waals surface area (Å²) in [4.78, 5) is 15.8. The van der Waals surface area contributed by atoms with Crippen LogP contribution in [0.3, 0.4) is 0 Å². The molecule has 0 aliphatic carbocycles. The number of carbonyl (C=O) groups excluding carboxylic acids is 1. The van der Waals surface area contributed by atoms with Gasteiger partial charge in [-0.3, -0.25) is 4.79 Å². The number of aromatic nitrogens is 3. The number of carbonyl (C=O) groups is 1. The first-order valence-electron chi connectivity index (χ1n) is 6.09. The second kappa shape index (κ2) is 6.69. The topological polar surface area (TPSA) is 80.5 Å². The van der Waals surface area contributed by atoms with Crippen LogP contribution in [0.1, 0.15) is 6.42 Å². The average molecular weight is 263 g/mol. The van der Waals surface area contributed by atoms with Crippen LogP contribution in [0.25, 0.3) is 5.65 Å². The van der Waals surface area contributed by atoms with E-state index >= 15 is 0 Å². The highest BCUT2D eigenvalue weighted by Gasteiger charge is 2.01. The van der Waals surface area contributed by atoms with Crippen molar-refractivity contribution in [3.8, 4) is 0 Å². The van der Waals surface area contributed by atoms with E-state index in [4.69, 9.17) is 4.74 Å². The van der Waals surface area contributed by atoms with Crippen molar-refractivity contribution in [2.75, 3.05) is 32.1 Å². The third-order valence-corrected chi connectivity index (χ3v) is 2.54. The fourth-order valence-corrected chi connectivity index (χ4v) is 1.60. The van der Waals surface area contributed by atoms with Crippen LogP contribution >= 0.6 is 0 Å². The van der Waals surface area contributed by atoms with Gasteiger partial charge in [-0.1, -0.05) is 0 Å². The maximum Gasteiger partial charge on any atom is 0.221 e. The summed E-state index contributed by atoms with van der Waals surface area (Å²) < 4.78 is 6.53. The van der Waals surface area contributed by atoms with E-state index in [1.54, 1.807) is 17.8 Å². The van der Waals surface area contributed by atoms with Gasteiger partial charge in [0.05, 0.1) is 12.8 Å². The molecule has 0 fully saturated rings. The van der Waals surface area contributed by atoms with Crippen molar-refractivity contribution >= 4 is 17.4 Å². The first-order valence-corrected chi connectivity index (χ1v) is 6.09. The fourth-order valence-electron chi connectivity index (χ4n) is 1.60. The Morgan fingerprint density at radius 2 is 2.32 bits per heavy atom. The third-order valence-electron chi connectivity index (χ3n) is 2.54. The van der Waals surface area contributed by atoms with Crippen LogP contribution in [0.2, 0.25) is 0 Å². The first kappa shape index (κ1) is 13.3. The van der Waals surface area contributed by atoms with Crippen molar-refractivity contribution in [2.45, 2.75) is 6.42 Å². The van der Waals surface area contributed by atoms with Crippen molar-refractivity contribution in [1.29, 1.82) is 0 Å². The van der Waals surface area contributed by atoms with Crippen LogP contribution in [0, 0.1) is 0 Å². The number of anilines is 1. The van der Waals surface area contributed by atoms with E-state index < -0.39 is 0 Å². The quantitative estimate of drug-likeness (QED) is 0.702. The zero-order valence-electron chi connectivity index (χ0n) is 10.8. The summed E-state index contributed by atoms with van der Waals surface area (Å²) in [5, 5.41) is 9.92.